The van der Waals surface area contributed by atoms with Gasteiger partial charge in [0.05, 0.1) is 6.04 Å². The van der Waals surface area contributed by atoms with Gasteiger partial charge in [-0.15, -0.1) is 0 Å². The number of hydrogen-bond donors (Lipinski definition) is 1. The molecule has 1 N–H and O–H groups in total. The number of hydrogen-bond acceptors (Lipinski definition) is 2. The van der Waals surface area contributed by atoms with Crippen LogP contribution in [0.3, 0.4) is 0 Å². The minimum absolute atomic E-state index is 0.0151. The van der Waals surface area contributed by atoms with Crippen LogP contribution in [0.4, 0.5) is 4.39 Å². The molecule has 0 saturated heterocycles. The van der Waals surface area contributed by atoms with Gasteiger partial charge in [0.2, 0.25) is 5.91 Å². The van der Waals surface area contributed by atoms with Crippen LogP contribution >= 0.6 is 0 Å². The quantitative estimate of drug-likeness (QED) is 0.822. The lowest BCUT2D eigenvalue weighted by atomic mass is 10.1. The molecule has 0 heterocycles. The average molecular weight is 211 g/mol. The third-order valence-electron chi connectivity index (χ3n) is 2.02. The van der Waals surface area contributed by atoms with E-state index >= 15 is 0 Å². The molecule has 0 bridgehead atoms. The van der Waals surface area contributed by atoms with Gasteiger partial charge in [-0.05, 0) is 13.0 Å². The highest BCUT2D eigenvalue weighted by Gasteiger charge is 2.12. The van der Waals surface area contributed by atoms with E-state index < -0.39 is 0 Å². The fourth-order valence-electron chi connectivity index (χ4n) is 1.32. The van der Waals surface area contributed by atoms with Crippen molar-refractivity contribution in [1.82, 2.24) is 5.32 Å². The first-order valence-corrected chi connectivity index (χ1v) is 4.68. The predicted octanol–water partition coefficient (Wildman–Crippen LogP) is 1.65. The van der Waals surface area contributed by atoms with Gasteiger partial charge >= 0.3 is 0 Å². The van der Waals surface area contributed by atoms with Gasteiger partial charge in [0.25, 0.3) is 0 Å². The average Bonchev–Trinajstić information content (AvgIpc) is 2.18. The van der Waals surface area contributed by atoms with E-state index in [9.17, 15) is 9.18 Å². The summed E-state index contributed by atoms with van der Waals surface area (Å²) >= 11 is 0. The molecule has 15 heavy (non-hydrogen) atoms. The van der Waals surface area contributed by atoms with E-state index in [-0.39, 0.29) is 24.4 Å². The summed E-state index contributed by atoms with van der Waals surface area (Å²) in [6.07, 6.45) is 0. The minimum Gasteiger partial charge on any atom is -0.375 e. The van der Waals surface area contributed by atoms with Gasteiger partial charge in [-0.25, -0.2) is 4.39 Å². The van der Waals surface area contributed by atoms with Crippen molar-refractivity contribution in [3.63, 3.8) is 0 Å². The Hall–Kier alpha value is -1.42. The summed E-state index contributed by atoms with van der Waals surface area (Å²) in [7, 11) is 1.44. The third kappa shape index (κ3) is 3.32. The molecule has 0 aliphatic carbocycles. The van der Waals surface area contributed by atoms with E-state index in [4.69, 9.17) is 0 Å². The summed E-state index contributed by atoms with van der Waals surface area (Å²) in [5.74, 6) is -0.573. The number of benzene rings is 1. The van der Waals surface area contributed by atoms with E-state index in [1.807, 2.05) is 0 Å². The molecule has 0 aliphatic rings. The van der Waals surface area contributed by atoms with Crippen LogP contribution < -0.4 is 5.32 Å². The second-order valence-corrected chi connectivity index (χ2v) is 3.24. The molecule has 1 amide bonds. The normalized spacial score (nSPS) is 12.2. The van der Waals surface area contributed by atoms with E-state index in [0.29, 0.717) is 5.56 Å². The Labute approximate surface area is 88.2 Å². The molecule has 1 atom stereocenters. The van der Waals surface area contributed by atoms with Gasteiger partial charge in [-0.3, -0.25) is 4.79 Å². The van der Waals surface area contributed by atoms with Crippen molar-refractivity contribution in [2.24, 2.45) is 0 Å². The zero-order valence-corrected chi connectivity index (χ0v) is 8.79. The lowest BCUT2D eigenvalue weighted by Crippen LogP contribution is -2.30. The van der Waals surface area contributed by atoms with Crippen LogP contribution in [0, 0.1) is 5.82 Å². The van der Waals surface area contributed by atoms with Crippen LogP contribution in [0.1, 0.15) is 18.5 Å². The maximum absolute atomic E-state index is 13.3. The summed E-state index contributed by atoms with van der Waals surface area (Å²) in [6, 6.07) is 6.01. The highest BCUT2D eigenvalue weighted by Crippen LogP contribution is 2.15. The Morgan fingerprint density at radius 2 is 2.20 bits per heavy atom. The molecule has 3 nitrogen and oxygen atoms in total. The first-order valence-electron chi connectivity index (χ1n) is 4.68. The van der Waals surface area contributed by atoms with E-state index in [1.165, 1.54) is 13.2 Å². The molecule has 1 rings (SSSR count). The van der Waals surface area contributed by atoms with Gasteiger partial charge in [-0.1, -0.05) is 18.2 Å². The van der Waals surface area contributed by atoms with E-state index in [2.05, 4.69) is 10.1 Å². The molecule has 0 fully saturated rings. The standard InChI is InChI=1S/C11H14FNO2/c1-8(13-11(14)7-15-2)9-5-3-4-6-10(9)12/h3-6,8H,7H2,1-2H3,(H,13,14)/t8-/m1/s1. The maximum Gasteiger partial charge on any atom is 0.246 e. The van der Waals surface area contributed by atoms with Crippen LogP contribution in [-0.2, 0) is 9.53 Å². The number of amides is 1. The number of ether oxygens (including phenoxy) is 1. The Balaban J connectivity index is 2.65. The molecule has 0 aromatic heterocycles. The van der Waals surface area contributed by atoms with Crippen LogP contribution in [0.25, 0.3) is 0 Å². The molecule has 4 heteroatoms. The zero-order chi connectivity index (χ0) is 11.3. The van der Waals surface area contributed by atoms with Crippen molar-refractivity contribution >= 4 is 5.91 Å². The number of carbonyl (C=O) groups excluding carboxylic acids is 1. The monoisotopic (exact) mass is 211 g/mol. The second-order valence-electron chi connectivity index (χ2n) is 3.24. The van der Waals surface area contributed by atoms with Crippen molar-refractivity contribution in [3.8, 4) is 0 Å². The van der Waals surface area contributed by atoms with Crippen LogP contribution in [0.2, 0.25) is 0 Å². The zero-order valence-electron chi connectivity index (χ0n) is 8.79. The molecular weight excluding hydrogens is 197 g/mol. The first kappa shape index (κ1) is 11.7. The Morgan fingerprint density at radius 3 is 2.80 bits per heavy atom. The maximum atomic E-state index is 13.3. The third-order valence-corrected chi connectivity index (χ3v) is 2.02. The Kier molecular flexibility index (Phi) is 4.24. The number of rotatable bonds is 4. The van der Waals surface area contributed by atoms with Gasteiger partial charge in [0.15, 0.2) is 0 Å². The number of nitrogens with one attached hydrogen (secondary N) is 1. The van der Waals surface area contributed by atoms with E-state index in [1.54, 1.807) is 25.1 Å². The SMILES string of the molecule is COCC(=O)N[C@H](C)c1ccccc1F. The van der Waals surface area contributed by atoms with Gasteiger partial charge < -0.3 is 10.1 Å². The number of halogens is 1. The fraction of sp³-hybridized carbons (Fsp3) is 0.364. The van der Waals surface area contributed by atoms with Crippen LogP contribution in [0.15, 0.2) is 24.3 Å². The van der Waals surface area contributed by atoms with Crippen molar-refractivity contribution in [3.05, 3.63) is 35.6 Å². The first-order chi connectivity index (χ1) is 7.15. The van der Waals surface area contributed by atoms with E-state index in [0.717, 1.165) is 0 Å². The van der Waals surface area contributed by atoms with Gasteiger partial charge in [0, 0.05) is 12.7 Å². The smallest absolute Gasteiger partial charge is 0.246 e. The van der Waals surface area contributed by atoms with Crippen molar-refractivity contribution in [2.45, 2.75) is 13.0 Å². The van der Waals surface area contributed by atoms with Crippen molar-refractivity contribution in [1.29, 1.82) is 0 Å². The summed E-state index contributed by atoms with van der Waals surface area (Å²) < 4.78 is 18.0. The molecule has 0 saturated carbocycles. The highest BCUT2D eigenvalue weighted by atomic mass is 19.1. The Bertz CT molecular complexity index is 341. The molecular formula is C11H14FNO2. The lowest BCUT2D eigenvalue weighted by molar-refractivity contribution is -0.125. The minimum atomic E-state index is -0.353. The predicted molar refractivity (Wildman–Crippen MR) is 54.8 cm³/mol. The van der Waals surface area contributed by atoms with Crippen LogP contribution in [0.5, 0.6) is 0 Å². The number of carbonyl (C=O) groups is 1. The lowest BCUT2D eigenvalue weighted by Gasteiger charge is -2.14. The summed E-state index contributed by atoms with van der Waals surface area (Å²) in [5, 5.41) is 2.63. The number of methoxy groups -OCH3 is 1. The van der Waals surface area contributed by atoms with Crippen molar-refractivity contribution < 1.29 is 13.9 Å². The summed E-state index contributed by atoms with van der Waals surface area (Å²) in [6.45, 7) is 1.71. The molecule has 0 spiro atoms. The topological polar surface area (TPSA) is 38.3 Å². The van der Waals surface area contributed by atoms with Gasteiger partial charge in [-0.2, -0.15) is 0 Å². The van der Waals surface area contributed by atoms with Crippen LogP contribution in [-0.4, -0.2) is 19.6 Å². The molecule has 0 aliphatic heterocycles. The second kappa shape index (κ2) is 5.46. The highest BCUT2D eigenvalue weighted by molar-refractivity contribution is 5.77. The van der Waals surface area contributed by atoms with Crippen molar-refractivity contribution in [2.75, 3.05) is 13.7 Å². The summed E-state index contributed by atoms with van der Waals surface area (Å²) in [5.41, 5.74) is 0.474. The molecule has 82 valence electrons. The van der Waals surface area contributed by atoms with Gasteiger partial charge in [0.1, 0.15) is 12.4 Å². The Morgan fingerprint density at radius 1 is 1.53 bits per heavy atom. The molecule has 1 aromatic carbocycles. The fourth-order valence-corrected chi connectivity index (χ4v) is 1.32. The largest absolute Gasteiger partial charge is 0.375 e. The molecule has 1 aromatic rings. The molecule has 0 radical (unpaired) electrons. The summed E-state index contributed by atoms with van der Waals surface area (Å²) in [4.78, 5) is 11.2. The molecule has 0 unspecified atom stereocenters.